The lowest BCUT2D eigenvalue weighted by atomic mass is 9.95. The molecule has 0 aliphatic rings. The molecule has 0 saturated heterocycles. The molecule has 0 heterocycles. The van der Waals surface area contributed by atoms with Gasteiger partial charge in [0.15, 0.2) is 0 Å². The van der Waals surface area contributed by atoms with Gasteiger partial charge < -0.3 is 9.84 Å². The summed E-state index contributed by atoms with van der Waals surface area (Å²) in [5, 5.41) is 9.20. The normalized spacial score (nSPS) is 15.3. The van der Waals surface area contributed by atoms with Crippen LogP contribution in [0.3, 0.4) is 0 Å². The Hall–Kier alpha value is -0.860. The molecule has 1 N–H and O–H groups in total. The zero-order valence-corrected chi connectivity index (χ0v) is 8.10. The van der Waals surface area contributed by atoms with Crippen LogP contribution in [0, 0.1) is 0 Å². The van der Waals surface area contributed by atoms with Crippen molar-refractivity contribution in [3.05, 3.63) is 35.9 Å². The van der Waals surface area contributed by atoms with Gasteiger partial charge in [-0.1, -0.05) is 30.3 Å². The van der Waals surface area contributed by atoms with Gasteiger partial charge in [-0.05, 0) is 12.5 Å². The Kier molecular flexibility index (Phi) is 3.93. The molecule has 2 nitrogen and oxygen atoms in total. The zero-order chi connectivity index (χ0) is 9.68. The van der Waals surface area contributed by atoms with E-state index >= 15 is 0 Å². The van der Waals surface area contributed by atoms with E-state index in [1.807, 2.05) is 37.3 Å². The van der Waals surface area contributed by atoms with Crippen molar-refractivity contribution in [1.29, 1.82) is 0 Å². The largest absolute Gasteiger partial charge is 0.396 e. The van der Waals surface area contributed by atoms with Gasteiger partial charge in [0, 0.05) is 13.0 Å². The highest BCUT2D eigenvalue weighted by Crippen LogP contribution is 2.20. The summed E-state index contributed by atoms with van der Waals surface area (Å²) in [7, 11) is 1.66. The highest BCUT2D eigenvalue weighted by molar-refractivity contribution is 5.20. The number of hydrogen-bond acceptors (Lipinski definition) is 2. The van der Waals surface area contributed by atoms with E-state index in [2.05, 4.69) is 0 Å². The van der Waals surface area contributed by atoms with Crippen molar-refractivity contribution in [3.63, 3.8) is 0 Å². The van der Waals surface area contributed by atoms with Crippen molar-refractivity contribution >= 4 is 0 Å². The topological polar surface area (TPSA) is 29.5 Å². The van der Waals surface area contributed by atoms with Gasteiger partial charge in [-0.3, -0.25) is 0 Å². The third-order valence-corrected chi connectivity index (χ3v) is 2.36. The van der Waals surface area contributed by atoms with Gasteiger partial charge in [0.05, 0.1) is 12.7 Å². The fourth-order valence-electron chi connectivity index (χ4n) is 1.39. The highest BCUT2D eigenvalue weighted by atomic mass is 16.5. The fraction of sp³-hybridized carbons (Fsp3) is 0.455. The quantitative estimate of drug-likeness (QED) is 0.765. The lowest BCUT2D eigenvalue weighted by molar-refractivity contribution is 0.0708. The van der Waals surface area contributed by atoms with E-state index in [9.17, 15) is 5.11 Å². The SMILES string of the molecule is CO[C@H](C)[C@H](CO)c1ccccc1. The van der Waals surface area contributed by atoms with E-state index in [4.69, 9.17) is 4.74 Å². The van der Waals surface area contributed by atoms with E-state index in [-0.39, 0.29) is 18.6 Å². The molecule has 0 fully saturated rings. The average molecular weight is 180 g/mol. The van der Waals surface area contributed by atoms with Crippen LogP contribution < -0.4 is 0 Å². The van der Waals surface area contributed by atoms with Crippen LogP contribution in [-0.4, -0.2) is 24.9 Å². The predicted octanol–water partition coefficient (Wildman–Crippen LogP) is 1.80. The van der Waals surface area contributed by atoms with E-state index < -0.39 is 0 Å². The minimum absolute atomic E-state index is 0.0485. The molecule has 0 bridgehead atoms. The first-order valence-corrected chi connectivity index (χ1v) is 4.48. The molecule has 1 aromatic rings. The number of rotatable bonds is 4. The fourth-order valence-corrected chi connectivity index (χ4v) is 1.39. The molecule has 0 aliphatic heterocycles. The van der Waals surface area contributed by atoms with Crippen molar-refractivity contribution in [2.45, 2.75) is 18.9 Å². The second kappa shape index (κ2) is 5.00. The van der Waals surface area contributed by atoms with Gasteiger partial charge in [0.25, 0.3) is 0 Å². The number of methoxy groups -OCH3 is 1. The number of hydrogen-bond donors (Lipinski definition) is 1. The van der Waals surface area contributed by atoms with Gasteiger partial charge in [0.2, 0.25) is 0 Å². The number of ether oxygens (including phenoxy) is 1. The van der Waals surface area contributed by atoms with Gasteiger partial charge >= 0.3 is 0 Å². The van der Waals surface area contributed by atoms with Crippen LogP contribution in [0.5, 0.6) is 0 Å². The molecule has 0 aromatic heterocycles. The van der Waals surface area contributed by atoms with Crippen LogP contribution >= 0.6 is 0 Å². The zero-order valence-electron chi connectivity index (χ0n) is 8.10. The van der Waals surface area contributed by atoms with Crippen LogP contribution in [0.15, 0.2) is 30.3 Å². The first kappa shape index (κ1) is 10.2. The van der Waals surface area contributed by atoms with E-state index in [1.54, 1.807) is 7.11 Å². The third-order valence-electron chi connectivity index (χ3n) is 2.36. The maximum absolute atomic E-state index is 9.20. The van der Waals surface area contributed by atoms with E-state index in [0.29, 0.717) is 0 Å². The Morgan fingerprint density at radius 3 is 2.38 bits per heavy atom. The van der Waals surface area contributed by atoms with Gasteiger partial charge in [0.1, 0.15) is 0 Å². The summed E-state index contributed by atoms with van der Waals surface area (Å²) >= 11 is 0. The summed E-state index contributed by atoms with van der Waals surface area (Å²) in [5.41, 5.74) is 1.12. The van der Waals surface area contributed by atoms with Crippen molar-refractivity contribution in [1.82, 2.24) is 0 Å². The lowest BCUT2D eigenvalue weighted by Gasteiger charge is -2.20. The molecule has 13 heavy (non-hydrogen) atoms. The maximum atomic E-state index is 9.20. The molecule has 0 radical (unpaired) electrons. The molecule has 0 amide bonds. The molecule has 1 aromatic carbocycles. The molecule has 2 heteroatoms. The molecule has 2 atom stereocenters. The van der Waals surface area contributed by atoms with Crippen molar-refractivity contribution in [2.24, 2.45) is 0 Å². The summed E-state index contributed by atoms with van der Waals surface area (Å²) in [6, 6.07) is 9.93. The minimum Gasteiger partial charge on any atom is -0.396 e. The molecule has 0 aliphatic carbocycles. The van der Waals surface area contributed by atoms with Gasteiger partial charge in [-0.15, -0.1) is 0 Å². The van der Waals surface area contributed by atoms with Crippen LogP contribution in [0.2, 0.25) is 0 Å². The second-order valence-corrected chi connectivity index (χ2v) is 3.14. The Labute approximate surface area is 79.2 Å². The van der Waals surface area contributed by atoms with Crippen LogP contribution in [0.4, 0.5) is 0 Å². The van der Waals surface area contributed by atoms with E-state index in [0.717, 1.165) is 5.56 Å². The molecule has 1 rings (SSSR count). The smallest absolute Gasteiger partial charge is 0.0633 e. The monoisotopic (exact) mass is 180 g/mol. The molecule has 0 saturated carbocycles. The lowest BCUT2D eigenvalue weighted by Crippen LogP contribution is -2.20. The predicted molar refractivity (Wildman–Crippen MR) is 52.7 cm³/mol. The van der Waals surface area contributed by atoms with Crippen LogP contribution in [0.1, 0.15) is 18.4 Å². The highest BCUT2D eigenvalue weighted by Gasteiger charge is 2.17. The Balaban J connectivity index is 2.78. The van der Waals surface area contributed by atoms with Crippen LogP contribution in [0.25, 0.3) is 0 Å². The molecule has 72 valence electrons. The second-order valence-electron chi connectivity index (χ2n) is 3.14. The van der Waals surface area contributed by atoms with Crippen molar-refractivity contribution in [2.75, 3.05) is 13.7 Å². The summed E-state index contributed by atoms with van der Waals surface area (Å²) in [6.45, 7) is 2.09. The number of aliphatic hydroxyl groups excluding tert-OH is 1. The number of aliphatic hydroxyl groups is 1. The summed E-state index contributed by atoms with van der Waals surface area (Å²) < 4.78 is 5.20. The molecular formula is C11H16O2. The Morgan fingerprint density at radius 1 is 1.31 bits per heavy atom. The van der Waals surface area contributed by atoms with Gasteiger partial charge in [-0.25, -0.2) is 0 Å². The maximum Gasteiger partial charge on any atom is 0.0633 e. The summed E-state index contributed by atoms with van der Waals surface area (Å²) in [5.74, 6) is 0.0752. The van der Waals surface area contributed by atoms with Crippen molar-refractivity contribution < 1.29 is 9.84 Å². The molecule has 0 unspecified atom stereocenters. The van der Waals surface area contributed by atoms with Crippen molar-refractivity contribution in [3.8, 4) is 0 Å². The minimum atomic E-state index is 0.0485. The van der Waals surface area contributed by atoms with Crippen LogP contribution in [-0.2, 0) is 4.74 Å². The standard InChI is InChI=1S/C11H16O2/c1-9(13-2)11(8-12)10-6-4-3-5-7-10/h3-7,9,11-12H,8H2,1-2H3/t9-,11+/m1/s1. The Morgan fingerprint density at radius 2 is 1.92 bits per heavy atom. The average Bonchev–Trinajstić information content (AvgIpc) is 2.20. The van der Waals surface area contributed by atoms with E-state index in [1.165, 1.54) is 0 Å². The van der Waals surface area contributed by atoms with Gasteiger partial charge in [-0.2, -0.15) is 0 Å². The first-order valence-electron chi connectivity index (χ1n) is 4.48. The summed E-state index contributed by atoms with van der Waals surface area (Å²) in [4.78, 5) is 0. The molecule has 0 spiro atoms. The Bertz CT molecular complexity index is 233. The third kappa shape index (κ3) is 2.54. The number of benzene rings is 1. The summed E-state index contributed by atoms with van der Waals surface area (Å²) in [6.07, 6.45) is 0.0485. The molecular weight excluding hydrogens is 164 g/mol. The first-order chi connectivity index (χ1) is 6.29.